The van der Waals surface area contributed by atoms with E-state index >= 15 is 0 Å². The fourth-order valence-corrected chi connectivity index (χ4v) is 4.35. The van der Waals surface area contributed by atoms with Gasteiger partial charge in [-0.05, 0) is 28.1 Å². The van der Waals surface area contributed by atoms with Crippen LogP contribution >= 0.6 is 31.9 Å². The number of benzene rings is 1. The number of nitrogens with two attached hydrogens (primary N) is 1. The summed E-state index contributed by atoms with van der Waals surface area (Å²) in [6, 6.07) is 3.07. The third-order valence-electron chi connectivity index (χ3n) is 2.01. The molecule has 0 aliphatic heterocycles. The van der Waals surface area contributed by atoms with Gasteiger partial charge in [0.15, 0.2) is 0 Å². The molecule has 0 aliphatic carbocycles. The van der Waals surface area contributed by atoms with Gasteiger partial charge < -0.3 is 5.73 Å². The Balaban J connectivity index is 2.46. The minimum absolute atomic E-state index is 0.0804. The first kappa shape index (κ1) is 14.2. The fraction of sp³-hybridized carbons (Fsp3) is 0. The van der Waals surface area contributed by atoms with Crippen LogP contribution in [0.2, 0.25) is 0 Å². The highest BCUT2D eigenvalue weighted by atomic mass is 79.9. The second-order valence-corrected chi connectivity index (χ2v) is 6.77. The zero-order valence-electron chi connectivity index (χ0n) is 9.21. The van der Waals surface area contributed by atoms with Crippen molar-refractivity contribution in [3.8, 4) is 0 Å². The molecule has 1 heterocycles. The maximum atomic E-state index is 12.2. The summed E-state index contributed by atoms with van der Waals surface area (Å²) in [6.45, 7) is 0. The quantitative estimate of drug-likeness (QED) is 0.748. The van der Waals surface area contributed by atoms with Crippen molar-refractivity contribution in [1.29, 1.82) is 0 Å². The van der Waals surface area contributed by atoms with Crippen molar-refractivity contribution in [1.82, 2.24) is 15.2 Å². The van der Waals surface area contributed by atoms with E-state index in [1.54, 1.807) is 6.07 Å². The van der Waals surface area contributed by atoms with Crippen LogP contribution in [0, 0.1) is 0 Å². The van der Waals surface area contributed by atoms with E-state index in [2.05, 4.69) is 51.8 Å². The predicted molar refractivity (Wildman–Crippen MR) is 76.9 cm³/mol. The summed E-state index contributed by atoms with van der Waals surface area (Å²) in [5, 5.41) is 7.08. The Morgan fingerprint density at radius 2 is 1.95 bits per heavy atom. The number of rotatable bonds is 3. The molecule has 100 valence electrons. The molecule has 0 saturated carbocycles. The van der Waals surface area contributed by atoms with E-state index in [4.69, 9.17) is 5.73 Å². The highest BCUT2D eigenvalue weighted by Crippen LogP contribution is 2.32. The molecule has 0 fully saturated rings. The van der Waals surface area contributed by atoms with E-state index < -0.39 is 10.0 Å². The van der Waals surface area contributed by atoms with E-state index in [1.165, 1.54) is 18.5 Å². The number of nitrogens with one attached hydrogen (secondary N) is 1. The molecule has 0 bridgehead atoms. The molecule has 0 saturated heterocycles. The lowest BCUT2D eigenvalue weighted by Crippen LogP contribution is -2.17. The Bertz CT molecular complexity index is 685. The molecule has 2 rings (SSSR count). The molecule has 19 heavy (non-hydrogen) atoms. The Hall–Kier alpha value is -1.26. The van der Waals surface area contributed by atoms with Crippen molar-refractivity contribution in [3.05, 3.63) is 33.5 Å². The van der Waals surface area contributed by atoms with E-state index in [9.17, 15) is 8.42 Å². The number of aromatic nitrogens is 3. The third kappa shape index (κ3) is 3.19. The average Bonchev–Trinajstić information content (AvgIpc) is 2.27. The van der Waals surface area contributed by atoms with Gasteiger partial charge in [0.1, 0.15) is 4.90 Å². The minimum atomic E-state index is -3.90. The van der Waals surface area contributed by atoms with Crippen molar-refractivity contribution in [2.45, 2.75) is 4.90 Å². The summed E-state index contributed by atoms with van der Waals surface area (Å²) in [5.41, 5.74) is 5.82. The Labute approximate surface area is 126 Å². The molecule has 1 aromatic carbocycles. The van der Waals surface area contributed by atoms with Crippen molar-refractivity contribution in [3.63, 3.8) is 0 Å². The predicted octanol–water partition coefficient (Wildman–Crippen LogP) is 1.78. The lowest BCUT2D eigenvalue weighted by atomic mass is 10.3. The second kappa shape index (κ2) is 5.39. The monoisotopic (exact) mass is 407 g/mol. The largest absolute Gasteiger partial charge is 0.398 e. The van der Waals surface area contributed by atoms with Crippen LogP contribution in [0.3, 0.4) is 0 Å². The van der Waals surface area contributed by atoms with Gasteiger partial charge in [-0.15, -0.1) is 5.10 Å². The number of nitrogen functional groups attached to an aromatic ring is 1. The van der Waals surface area contributed by atoms with Gasteiger partial charge in [0, 0.05) is 8.95 Å². The van der Waals surface area contributed by atoms with Crippen molar-refractivity contribution < 1.29 is 8.42 Å². The summed E-state index contributed by atoms with van der Waals surface area (Å²) in [6.07, 6.45) is 2.66. The molecule has 3 N–H and O–H groups in total. The van der Waals surface area contributed by atoms with Crippen LogP contribution in [-0.4, -0.2) is 23.6 Å². The number of hydrogen-bond acceptors (Lipinski definition) is 6. The SMILES string of the molecule is Nc1cc(Br)cc(Br)c1S(=O)(=O)Nc1nccnn1. The summed E-state index contributed by atoms with van der Waals surface area (Å²) >= 11 is 6.38. The van der Waals surface area contributed by atoms with Gasteiger partial charge in [0.2, 0.25) is 0 Å². The highest BCUT2D eigenvalue weighted by molar-refractivity contribution is 9.11. The van der Waals surface area contributed by atoms with E-state index in [-0.39, 0.29) is 16.5 Å². The zero-order valence-corrected chi connectivity index (χ0v) is 13.2. The van der Waals surface area contributed by atoms with E-state index in [0.717, 1.165) is 0 Å². The number of halogens is 2. The van der Waals surface area contributed by atoms with Crippen molar-refractivity contribution in [2.75, 3.05) is 10.5 Å². The number of hydrogen-bond donors (Lipinski definition) is 2. The lowest BCUT2D eigenvalue weighted by Gasteiger charge is -2.10. The summed E-state index contributed by atoms with van der Waals surface area (Å²) < 4.78 is 27.6. The van der Waals surface area contributed by atoms with Crippen molar-refractivity contribution in [2.24, 2.45) is 0 Å². The second-order valence-electron chi connectivity index (χ2n) is 3.38. The molecule has 0 amide bonds. The molecule has 0 unspecified atom stereocenters. The van der Waals surface area contributed by atoms with Crippen LogP contribution in [0.25, 0.3) is 0 Å². The Morgan fingerprint density at radius 1 is 1.21 bits per heavy atom. The topological polar surface area (TPSA) is 111 Å². The van der Waals surface area contributed by atoms with Gasteiger partial charge in [-0.3, -0.25) is 0 Å². The van der Waals surface area contributed by atoms with Gasteiger partial charge in [-0.1, -0.05) is 15.9 Å². The van der Waals surface area contributed by atoms with Gasteiger partial charge in [-0.25, -0.2) is 18.1 Å². The molecule has 0 radical (unpaired) electrons. The van der Waals surface area contributed by atoms with Gasteiger partial charge >= 0.3 is 0 Å². The van der Waals surface area contributed by atoms with Crippen LogP contribution < -0.4 is 10.5 Å². The molecular weight excluding hydrogens is 402 g/mol. The van der Waals surface area contributed by atoms with Gasteiger partial charge in [0.05, 0.1) is 18.1 Å². The molecule has 0 aliphatic rings. The van der Waals surface area contributed by atoms with E-state index in [0.29, 0.717) is 8.95 Å². The van der Waals surface area contributed by atoms with Crippen LogP contribution in [0.15, 0.2) is 38.4 Å². The first-order chi connectivity index (χ1) is 8.90. The van der Waals surface area contributed by atoms with Gasteiger partial charge in [-0.2, -0.15) is 5.10 Å². The first-order valence-corrected chi connectivity index (χ1v) is 7.88. The molecular formula is C9H7Br2N5O2S. The summed E-state index contributed by atoms with van der Waals surface area (Å²) in [5.74, 6) is -0.128. The van der Waals surface area contributed by atoms with Crippen molar-refractivity contribution >= 4 is 53.5 Å². The standard InChI is InChI=1S/C9H7Br2N5O2S/c10-5-3-6(11)8(7(12)4-5)19(17,18)16-9-13-1-2-14-15-9/h1-4H,12H2,(H,13,15,16). The molecule has 0 spiro atoms. The highest BCUT2D eigenvalue weighted by Gasteiger charge is 2.22. The first-order valence-electron chi connectivity index (χ1n) is 4.81. The Morgan fingerprint density at radius 3 is 2.53 bits per heavy atom. The third-order valence-corrected chi connectivity index (χ3v) is 4.80. The molecule has 7 nitrogen and oxygen atoms in total. The maximum Gasteiger partial charge on any atom is 0.267 e. The zero-order chi connectivity index (χ0) is 14.0. The minimum Gasteiger partial charge on any atom is -0.398 e. The smallest absolute Gasteiger partial charge is 0.267 e. The number of sulfonamides is 1. The molecule has 1 aromatic heterocycles. The van der Waals surface area contributed by atoms with Crippen LogP contribution in [-0.2, 0) is 10.0 Å². The number of nitrogens with zero attached hydrogens (tertiary/aromatic N) is 3. The number of anilines is 2. The summed E-state index contributed by atoms with van der Waals surface area (Å²) in [7, 11) is -3.90. The molecule has 10 heteroatoms. The normalized spacial score (nSPS) is 11.3. The van der Waals surface area contributed by atoms with E-state index in [1.807, 2.05) is 0 Å². The molecule has 0 atom stereocenters. The Kier molecular flexibility index (Phi) is 4.02. The average molecular weight is 409 g/mol. The van der Waals surface area contributed by atoms with Gasteiger partial charge in [0.25, 0.3) is 16.0 Å². The summed E-state index contributed by atoms with van der Waals surface area (Å²) in [4.78, 5) is 3.66. The fourth-order valence-electron chi connectivity index (χ4n) is 1.33. The lowest BCUT2D eigenvalue weighted by molar-refractivity contribution is 0.600. The van der Waals surface area contributed by atoms with Crippen LogP contribution in [0.5, 0.6) is 0 Å². The van der Waals surface area contributed by atoms with Crippen LogP contribution in [0.4, 0.5) is 11.6 Å². The van der Waals surface area contributed by atoms with Crippen LogP contribution in [0.1, 0.15) is 0 Å². The molecule has 2 aromatic rings. The maximum absolute atomic E-state index is 12.2.